The van der Waals surface area contributed by atoms with Gasteiger partial charge in [-0.3, -0.25) is 14.0 Å². The Morgan fingerprint density at radius 3 is 2.81 bits per heavy atom. The molecule has 0 saturated carbocycles. The number of carbonyl (C=O) groups is 1. The molecule has 0 unspecified atom stereocenters. The Labute approximate surface area is 150 Å². The summed E-state index contributed by atoms with van der Waals surface area (Å²) in [6.45, 7) is 5.64. The number of amides is 1. The summed E-state index contributed by atoms with van der Waals surface area (Å²) < 4.78 is 1.81. The first-order chi connectivity index (χ1) is 12.5. The molecule has 1 amide bonds. The Morgan fingerprint density at radius 2 is 2.15 bits per heavy atom. The molecule has 1 atom stereocenters. The first-order valence-corrected chi connectivity index (χ1v) is 8.69. The fourth-order valence-corrected chi connectivity index (χ4v) is 2.85. The van der Waals surface area contributed by atoms with Crippen molar-refractivity contribution < 1.29 is 4.79 Å². The second-order valence-electron chi connectivity index (χ2n) is 6.13. The van der Waals surface area contributed by atoms with E-state index in [1.54, 1.807) is 13.1 Å². The average Bonchev–Trinajstić information content (AvgIpc) is 3.06. The van der Waals surface area contributed by atoms with E-state index in [4.69, 9.17) is 0 Å². The van der Waals surface area contributed by atoms with Gasteiger partial charge < -0.3 is 10.3 Å². The quantitative estimate of drug-likeness (QED) is 0.698. The Kier molecular flexibility index (Phi) is 5.11. The first kappa shape index (κ1) is 17.8. The van der Waals surface area contributed by atoms with Crippen LogP contribution in [0.15, 0.2) is 29.5 Å². The Morgan fingerprint density at radius 1 is 1.35 bits per heavy atom. The number of hydrogen-bond donors (Lipinski definition) is 2. The van der Waals surface area contributed by atoms with E-state index < -0.39 is 0 Å². The molecule has 0 aliphatic rings. The smallest absolute Gasteiger partial charge is 0.254 e. The summed E-state index contributed by atoms with van der Waals surface area (Å²) in [6, 6.07) is 1.58. The second kappa shape index (κ2) is 7.47. The van der Waals surface area contributed by atoms with Crippen LogP contribution < -0.4 is 10.9 Å². The molecule has 8 nitrogen and oxygen atoms in total. The summed E-state index contributed by atoms with van der Waals surface area (Å²) in [7, 11) is 0. The molecule has 26 heavy (non-hydrogen) atoms. The lowest BCUT2D eigenvalue weighted by Gasteiger charge is -2.15. The van der Waals surface area contributed by atoms with E-state index in [0.29, 0.717) is 35.7 Å². The fraction of sp³-hybridized carbons (Fsp3) is 0.389. The lowest BCUT2D eigenvalue weighted by atomic mass is 10.1. The Balaban J connectivity index is 1.77. The maximum Gasteiger partial charge on any atom is 0.254 e. The Bertz CT molecular complexity index is 958. The van der Waals surface area contributed by atoms with Crippen molar-refractivity contribution in [2.75, 3.05) is 0 Å². The first-order valence-electron chi connectivity index (χ1n) is 8.69. The monoisotopic (exact) mass is 354 g/mol. The van der Waals surface area contributed by atoms with Crippen LogP contribution in [0.3, 0.4) is 0 Å². The average molecular weight is 354 g/mol. The largest absolute Gasteiger partial charge is 0.347 e. The number of aryl methyl sites for hydroxylation is 2. The van der Waals surface area contributed by atoms with Crippen molar-refractivity contribution in [3.63, 3.8) is 0 Å². The fourth-order valence-electron chi connectivity index (χ4n) is 2.85. The number of rotatable bonds is 6. The van der Waals surface area contributed by atoms with Gasteiger partial charge in [-0.2, -0.15) is 0 Å². The van der Waals surface area contributed by atoms with Crippen LogP contribution in [0.1, 0.15) is 49.1 Å². The number of nitrogens with zero attached hydrogens (tertiary/aromatic N) is 4. The van der Waals surface area contributed by atoms with Crippen LogP contribution in [0.2, 0.25) is 0 Å². The summed E-state index contributed by atoms with van der Waals surface area (Å²) >= 11 is 0. The van der Waals surface area contributed by atoms with Gasteiger partial charge in [-0.05, 0) is 19.4 Å². The van der Waals surface area contributed by atoms with E-state index in [9.17, 15) is 9.59 Å². The molecule has 0 bridgehead atoms. The summed E-state index contributed by atoms with van der Waals surface area (Å²) in [4.78, 5) is 40.4. The maximum absolute atomic E-state index is 12.5. The minimum Gasteiger partial charge on any atom is -0.347 e. The van der Waals surface area contributed by atoms with E-state index in [2.05, 4.69) is 25.3 Å². The van der Waals surface area contributed by atoms with Crippen molar-refractivity contribution in [3.8, 4) is 0 Å². The molecule has 2 N–H and O–H groups in total. The molecule has 3 rings (SSSR count). The summed E-state index contributed by atoms with van der Waals surface area (Å²) in [5.74, 6) is 0.976. The molecule has 0 saturated heterocycles. The van der Waals surface area contributed by atoms with Crippen molar-refractivity contribution in [3.05, 3.63) is 57.8 Å². The highest BCUT2D eigenvalue weighted by molar-refractivity contribution is 5.79. The number of aromatic amines is 1. The molecule has 0 aliphatic heterocycles. The van der Waals surface area contributed by atoms with Gasteiger partial charge in [0, 0.05) is 36.3 Å². The van der Waals surface area contributed by atoms with Gasteiger partial charge in [-0.1, -0.05) is 13.8 Å². The predicted molar refractivity (Wildman–Crippen MR) is 96.8 cm³/mol. The molecule has 0 aliphatic carbocycles. The van der Waals surface area contributed by atoms with Crippen LogP contribution in [0.4, 0.5) is 0 Å². The van der Waals surface area contributed by atoms with Gasteiger partial charge in [0.15, 0.2) is 0 Å². The third-order valence-corrected chi connectivity index (χ3v) is 4.30. The SMILES string of the molecule is CCc1nc(C)c(CC(=O)N[C@H](CC)c2cn3cccnc3n2)c(=O)[nH]1. The minimum atomic E-state index is -0.255. The number of hydrogen-bond acceptors (Lipinski definition) is 5. The van der Waals surface area contributed by atoms with Crippen LogP contribution in [0.5, 0.6) is 0 Å². The highest BCUT2D eigenvalue weighted by Crippen LogP contribution is 2.16. The molecule has 8 heteroatoms. The van der Waals surface area contributed by atoms with Gasteiger partial charge in [0.25, 0.3) is 5.56 Å². The van der Waals surface area contributed by atoms with Crippen LogP contribution in [-0.2, 0) is 17.6 Å². The van der Waals surface area contributed by atoms with Crippen LogP contribution in [0.25, 0.3) is 5.78 Å². The van der Waals surface area contributed by atoms with E-state index in [-0.39, 0.29) is 23.9 Å². The van der Waals surface area contributed by atoms with Gasteiger partial charge in [0.1, 0.15) is 5.82 Å². The van der Waals surface area contributed by atoms with Crippen molar-refractivity contribution in [1.29, 1.82) is 0 Å². The third-order valence-electron chi connectivity index (χ3n) is 4.30. The van der Waals surface area contributed by atoms with Crippen molar-refractivity contribution in [2.45, 2.75) is 46.1 Å². The molecule has 3 aromatic heterocycles. The molecule has 3 heterocycles. The van der Waals surface area contributed by atoms with Crippen molar-refractivity contribution >= 4 is 11.7 Å². The molecule has 0 aromatic carbocycles. The molecule has 0 spiro atoms. The lowest BCUT2D eigenvalue weighted by Crippen LogP contribution is -2.32. The summed E-state index contributed by atoms with van der Waals surface area (Å²) in [6.07, 6.45) is 6.69. The van der Waals surface area contributed by atoms with Gasteiger partial charge in [0.2, 0.25) is 11.7 Å². The van der Waals surface area contributed by atoms with Crippen LogP contribution in [0, 0.1) is 6.92 Å². The van der Waals surface area contributed by atoms with Gasteiger partial charge in [-0.15, -0.1) is 0 Å². The Hall–Kier alpha value is -3.03. The molecular weight excluding hydrogens is 332 g/mol. The highest BCUT2D eigenvalue weighted by atomic mass is 16.2. The van der Waals surface area contributed by atoms with Crippen molar-refractivity contribution in [1.82, 2.24) is 29.7 Å². The van der Waals surface area contributed by atoms with Crippen LogP contribution in [-0.4, -0.2) is 30.2 Å². The summed E-state index contributed by atoms with van der Waals surface area (Å²) in [5, 5.41) is 2.95. The number of H-pyrrole nitrogens is 1. The number of fused-ring (bicyclic) bond motifs is 1. The highest BCUT2D eigenvalue weighted by Gasteiger charge is 2.18. The zero-order valence-corrected chi connectivity index (χ0v) is 15.1. The van der Waals surface area contributed by atoms with Gasteiger partial charge >= 0.3 is 0 Å². The molecule has 0 radical (unpaired) electrons. The number of carbonyl (C=O) groups excluding carboxylic acids is 1. The van der Waals surface area contributed by atoms with E-state index in [1.165, 1.54) is 0 Å². The number of imidazole rings is 1. The molecular formula is C18H22N6O2. The minimum absolute atomic E-state index is 0.0136. The van der Waals surface area contributed by atoms with Gasteiger partial charge in [-0.25, -0.2) is 15.0 Å². The molecule has 0 fully saturated rings. The number of nitrogens with one attached hydrogen (secondary N) is 2. The molecule has 136 valence electrons. The lowest BCUT2D eigenvalue weighted by molar-refractivity contribution is -0.121. The maximum atomic E-state index is 12.5. The van der Waals surface area contributed by atoms with E-state index >= 15 is 0 Å². The normalized spacial score (nSPS) is 12.3. The van der Waals surface area contributed by atoms with E-state index in [1.807, 2.05) is 36.7 Å². The molecule has 3 aromatic rings. The topological polar surface area (TPSA) is 105 Å². The third kappa shape index (κ3) is 3.63. The predicted octanol–water partition coefficient (Wildman–Crippen LogP) is 1.49. The summed E-state index contributed by atoms with van der Waals surface area (Å²) in [5.41, 5.74) is 1.47. The second-order valence-corrected chi connectivity index (χ2v) is 6.13. The zero-order chi connectivity index (χ0) is 18.7. The zero-order valence-electron chi connectivity index (χ0n) is 15.1. The standard InChI is InChI=1S/C18H22N6O2/c1-4-13(14-10-24-8-6-7-19-18(24)22-14)21-16(25)9-12-11(3)20-15(5-2)23-17(12)26/h6-8,10,13H,4-5,9H2,1-3H3,(H,21,25)(H,20,23,26)/t13-/m1/s1. The van der Waals surface area contributed by atoms with Crippen molar-refractivity contribution in [2.24, 2.45) is 0 Å². The van der Waals surface area contributed by atoms with Crippen LogP contribution >= 0.6 is 0 Å². The van der Waals surface area contributed by atoms with E-state index in [0.717, 1.165) is 5.69 Å². The number of aromatic nitrogens is 5. The van der Waals surface area contributed by atoms with Gasteiger partial charge in [0.05, 0.1) is 18.2 Å².